The number of para-hydroxylation sites is 1. The monoisotopic (exact) mass is 331 g/mol. The Labute approximate surface area is 145 Å². The van der Waals surface area contributed by atoms with Gasteiger partial charge in [-0.05, 0) is 69.0 Å². The molecule has 0 aromatic heterocycles. The minimum Gasteiger partial charge on any atom is -0.358 e. The van der Waals surface area contributed by atoms with Gasteiger partial charge in [-0.1, -0.05) is 38.0 Å². The smallest absolute Gasteiger partial charge is 0.171 e. The maximum atomic E-state index is 5.55. The third kappa shape index (κ3) is 4.67. The number of nitrogens with one attached hydrogen (secondary N) is 2. The first kappa shape index (κ1) is 16.7. The van der Waals surface area contributed by atoms with E-state index in [1.54, 1.807) is 0 Å². The molecule has 126 valence electrons. The highest BCUT2D eigenvalue weighted by molar-refractivity contribution is 7.80. The molecule has 0 spiro atoms. The molecule has 1 aliphatic heterocycles. The second-order valence-corrected chi connectivity index (χ2v) is 7.55. The van der Waals surface area contributed by atoms with E-state index in [9.17, 15) is 0 Å². The Balaban J connectivity index is 1.57. The van der Waals surface area contributed by atoms with Crippen molar-refractivity contribution in [1.82, 2.24) is 10.2 Å². The molecule has 0 unspecified atom stereocenters. The molecule has 0 bridgehead atoms. The van der Waals surface area contributed by atoms with Gasteiger partial charge in [0, 0.05) is 17.8 Å². The molecule has 1 aliphatic carbocycles. The van der Waals surface area contributed by atoms with Crippen molar-refractivity contribution in [2.24, 2.45) is 5.92 Å². The zero-order chi connectivity index (χ0) is 16.1. The highest BCUT2D eigenvalue weighted by Crippen LogP contribution is 2.27. The SMILES string of the molecule is CC1CCN([C@H]2CCCC[C@@H]2NC(=S)Nc2ccccc2)CC1. The predicted octanol–water partition coefficient (Wildman–Crippen LogP) is 4.02. The third-order valence-corrected chi connectivity index (χ3v) is 5.58. The number of rotatable bonds is 3. The van der Waals surface area contributed by atoms with Crippen molar-refractivity contribution >= 4 is 23.0 Å². The van der Waals surface area contributed by atoms with Crippen molar-refractivity contribution in [2.75, 3.05) is 18.4 Å². The van der Waals surface area contributed by atoms with Crippen LogP contribution in [0.4, 0.5) is 5.69 Å². The largest absolute Gasteiger partial charge is 0.358 e. The van der Waals surface area contributed by atoms with Crippen LogP contribution in [0.3, 0.4) is 0 Å². The Kier molecular flexibility index (Phi) is 5.90. The zero-order valence-electron chi connectivity index (χ0n) is 14.1. The van der Waals surface area contributed by atoms with E-state index in [-0.39, 0.29) is 0 Å². The number of benzene rings is 1. The van der Waals surface area contributed by atoms with Gasteiger partial charge >= 0.3 is 0 Å². The molecule has 1 aromatic rings. The molecular weight excluding hydrogens is 302 g/mol. The zero-order valence-corrected chi connectivity index (χ0v) is 14.9. The number of hydrogen-bond acceptors (Lipinski definition) is 2. The summed E-state index contributed by atoms with van der Waals surface area (Å²) >= 11 is 5.55. The maximum absolute atomic E-state index is 5.55. The Bertz CT molecular complexity index is 497. The van der Waals surface area contributed by atoms with Gasteiger partial charge < -0.3 is 10.6 Å². The van der Waals surface area contributed by atoms with Gasteiger partial charge in [0.25, 0.3) is 0 Å². The van der Waals surface area contributed by atoms with Crippen LogP contribution in [0.5, 0.6) is 0 Å². The van der Waals surface area contributed by atoms with Crippen LogP contribution in [-0.4, -0.2) is 35.2 Å². The van der Waals surface area contributed by atoms with Crippen LogP contribution in [0.25, 0.3) is 0 Å². The summed E-state index contributed by atoms with van der Waals surface area (Å²) in [6.07, 6.45) is 7.89. The van der Waals surface area contributed by atoms with Gasteiger partial charge in [0.2, 0.25) is 0 Å². The lowest BCUT2D eigenvalue weighted by molar-refractivity contribution is 0.0921. The lowest BCUT2D eigenvalue weighted by atomic mass is 9.87. The first-order chi connectivity index (χ1) is 11.2. The van der Waals surface area contributed by atoms with Crippen LogP contribution in [0.1, 0.15) is 45.4 Å². The lowest BCUT2D eigenvalue weighted by Gasteiger charge is -2.43. The number of hydrogen-bond donors (Lipinski definition) is 2. The van der Waals surface area contributed by atoms with Crippen LogP contribution < -0.4 is 10.6 Å². The topological polar surface area (TPSA) is 27.3 Å². The second kappa shape index (κ2) is 8.11. The maximum Gasteiger partial charge on any atom is 0.171 e. The van der Waals surface area contributed by atoms with Gasteiger partial charge in [0.1, 0.15) is 0 Å². The van der Waals surface area contributed by atoms with Crippen molar-refractivity contribution in [2.45, 2.75) is 57.5 Å². The van der Waals surface area contributed by atoms with Crippen LogP contribution in [0, 0.1) is 5.92 Å². The molecule has 4 heteroatoms. The average molecular weight is 332 g/mol. The molecule has 1 saturated heterocycles. The van der Waals surface area contributed by atoms with E-state index in [1.165, 1.54) is 51.6 Å². The third-order valence-electron chi connectivity index (χ3n) is 5.36. The van der Waals surface area contributed by atoms with Gasteiger partial charge in [-0.2, -0.15) is 0 Å². The van der Waals surface area contributed by atoms with Crippen molar-refractivity contribution in [3.05, 3.63) is 30.3 Å². The Hall–Kier alpha value is -1.13. The molecule has 3 nitrogen and oxygen atoms in total. The molecule has 1 aromatic carbocycles. The number of likely N-dealkylation sites (tertiary alicyclic amines) is 1. The molecular formula is C19H29N3S. The Morgan fingerprint density at radius 2 is 1.74 bits per heavy atom. The summed E-state index contributed by atoms with van der Waals surface area (Å²) < 4.78 is 0. The molecule has 2 N–H and O–H groups in total. The summed E-state index contributed by atoms with van der Waals surface area (Å²) in [7, 11) is 0. The Morgan fingerprint density at radius 3 is 2.48 bits per heavy atom. The summed E-state index contributed by atoms with van der Waals surface area (Å²) in [5, 5.41) is 7.69. The van der Waals surface area contributed by atoms with Crippen molar-refractivity contribution in [3.63, 3.8) is 0 Å². The minimum atomic E-state index is 0.487. The van der Waals surface area contributed by atoms with Crippen LogP contribution >= 0.6 is 12.2 Å². The second-order valence-electron chi connectivity index (χ2n) is 7.14. The Morgan fingerprint density at radius 1 is 1.04 bits per heavy atom. The van der Waals surface area contributed by atoms with Crippen molar-refractivity contribution in [1.29, 1.82) is 0 Å². The predicted molar refractivity (Wildman–Crippen MR) is 102 cm³/mol. The van der Waals surface area contributed by atoms with E-state index in [2.05, 4.69) is 34.6 Å². The fraction of sp³-hybridized carbons (Fsp3) is 0.632. The van der Waals surface area contributed by atoms with Gasteiger partial charge in [0.15, 0.2) is 5.11 Å². The molecule has 2 fully saturated rings. The number of nitrogens with zero attached hydrogens (tertiary/aromatic N) is 1. The summed E-state index contributed by atoms with van der Waals surface area (Å²) in [6, 6.07) is 11.3. The van der Waals surface area contributed by atoms with Gasteiger partial charge in [-0.3, -0.25) is 4.90 Å². The van der Waals surface area contributed by atoms with E-state index in [0.717, 1.165) is 16.7 Å². The lowest BCUT2D eigenvalue weighted by Crippen LogP contribution is -2.55. The first-order valence-corrected chi connectivity index (χ1v) is 9.50. The summed E-state index contributed by atoms with van der Waals surface area (Å²) in [4.78, 5) is 2.71. The highest BCUT2D eigenvalue weighted by atomic mass is 32.1. The van der Waals surface area contributed by atoms with Gasteiger partial charge in [-0.25, -0.2) is 0 Å². The number of anilines is 1. The first-order valence-electron chi connectivity index (χ1n) is 9.09. The molecule has 2 atom stereocenters. The van der Waals surface area contributed by atoms with Crippen LogP contribution in [0.2, 0.25) is 0 Å². The number of piperidine rings is 1. The van der Waals surface area contributed by atoms with Crippen LogP contribution in [-0.2, 0) is 0 Å². The van der Waals surface area contributed by atoms with E-state index in [0.29, 0.717) is 12.1 Å². The van der Waals surface area contributed by atoms with E-state index < -0.39 is 0 Å². The van der Waals surface area contributed by atoms with Crippen LogP contribution in [0.15, 0.2) is 30.3 Å². The summed E-state index contributed by atoms with van der Waals surface area (Å²) in [6.45, 7) is 4.89. The quantitative estimate of drug-likeness (QED) is 0.818. The molecule has 2 aliphatic rings. The van der Waals surface area contributed by atoms with Gasteiger partial charge in [-0.15, -0.1) is 0 Å². The number of thiocarbonyl (C=S) groups is 1. The summed E-state index contributed by atoms with van der Waals surface area (Å²) in [5.41, 5.74) is 1.06. The van der Waals surface area contributed by atoms with Gasteiger partial charge in [0.05, 0.1) is 0 Å². The molecule has 1 heterocycles. The molecule has 23 heavy (non-hydrogen) atoms. The normalized spacial score (nSPS) is 26.7. The van der Waals surface area contributed by atoms with E-state index in [1.807, 2.05) is 18.2 Å². The van der Waals surface area contributed by atoms with Crippen molar-refractivity contribution < 1.29 is 0 Å². The molecule has 1 saturated carbocycles. The molecule has 3 rings (SSSR count). The fourth-order valence-corrected chi connectivity index (χ4v) is 4.20. The molecule has 0 amide bonds. The van der Waals surface area contributed by atoms with E-state index >= 15 is 0 Å². The molecule has 0 radical (unpaired) electrons. The van der Waals surface area contributed by atoms with E-state index in [4.69, 9.17) is 12.2 Å². The average Bonchev–Trinajstić information content (AvgIpc) is 2.57. The fourth-order valence-electron chi connectivity index (χ4n) is 3.93. The summed E-state index contributed by atoms with van der Waals surface area (Å²) in [5.74, 6) is 0.891. The van der Waals surface area contributed by atoms with Crippen molar-refractivity contribution in [3.8, 4) is 0 Å². The minimum absolute atomic E-state index is 0.487. The standard InChI is InChI=1S/C19H29N3S/c1-15-11-13-22(14-12-15)18-10-6-5-9-17(18)21-19(23)20-16-7-3-2-4-8-16/h2-4,7-8,15,17-18H,5-6,9-14H2,1H3,(H2,20,21,23)/t17-,18-/m0/s1. The highest BCUT2D eigenvalue weighted by Gasteiger charge is 2.32.